The Bertz CT molecular complexity index is 3920. The predicted octanol–water partition coefficient (Wildman–Crippen LogP) is 14.5. The van der Waals surface area contributed by atoms with Gasteiger partial charge in [0.25, 0.3) is 6.33 Å². The first-order valence-corrected chi connectivity index (χ1v) is 21.3. The number of benzene rings is 8. The maximum atomic E-state index is 9.03. The molecule has 0 aliphatic carbocycles. The molecule has 65 heavy (non-hydrogen) atoms. The van der Waals surface area contributed by atoms with E-state index in [0.717, 1.165) is 51.6 Å². The molecule has 5 nitrogen and oxygen atoms in total. The zero-order valence-electron chi connectivity index (χ0n) is 45.3. The molecule has 0 unspecified atom stereocenters. The van der Waals surface area contributed by atoms with Crippen LogP contribution in [-0.2, 0) is 21.1 Å². The van der Waals surface area contributed by atoms with Gasteiger partial charge >= 0.3 is 0 Å². The van der Waals surface area contributed by atoms with Gasteiger partial charge in [0.2, 0.25) is 0 Å². The van der Waals surface area contributed by atoms with E-state index in [1.807, 2.05) is 72.9 Å². The van der Waals surface area contributed by atoms with Gasteiger partial charge in [-0.3, -0.25) is 4.57 Å². The van der Waals surface area contributed by atoms with Crippen molar-refractivity contribution in [3.63, 3.8) is 0 Å². The van der Waals surface area contributed by atoms with Crippen molar-refractivity contribution >= 4 is 32.8 Å². The summed E-state index contributed by atoms with van der Waals surface area (Å²) in [5.41, 5.74) is 7.04. The van der Waals surface area contributed by atoms with Crippen molar-refractivity contribution < 1.29 is 44.1 Å². The molecule has 0 aliphatic rings. The normalized spacial score (nSPS) is 13.5. The summed E-state index contributed by atoms with van der Waals surface area (Å²) in [5, 5.41) is 2.02. The second-order valence-corrected chi connectivity index (χ2v) is 15.4. The van der Waals surface area contributed by atoms with Crippen LogP contribution < -0.4 is 9.30 Å². The average molecular weight is 1030 g/mol. The van der Waals surface area contributed by atoms with Gasteiger partial charge < -0.3 is 13.9 Å². The third kappa shape index (κ3) is 7.66. The van der Waals surface area contributed by atoms with Crippen LogP contribution in [-0.4, -0.2) is 14.1 Å². The quantitative estimate of drug-likeness (QED) is 0.0956. The van der Waals surface area contributed by atoms with Crippen molar-refractivity contribution in [2.75, 3.05) is 0 Å². The van der Waals surface area contributed by atoms with Gasteiger partial charge in [-0.05, 0) is 75.3 Å². The largest absolute Gasteiger partial charge is 0.510 e. The number of nitrogens with zero attached hydrogens (tertiary/aromatic N) is 4. The van der Waals surface area contributed by atoms with Crippen LogP contribution >= 0.6 is 0 Å². The Labute approximate surface area is 408 Å². The molecular weight excluding hydrogens is 976 g/mol. The van der Waals surface area contributed by atoms with Gasteiger partial charge in [0.05, 0.1) is 30.4 Å². The summed E-state index contributed by atoms with van der Waals surface area (Å²) in [4.78, 5) is 5.10. The van der Waals surface area contributed by atoms with Crippen LogP contribution in [0.3, 0.4) is 0 Å². The summed E-state index contributed by atoms with van der Waals surface area (Å²) < 4.78 is 99.2. The third-order valence-electron chi connectivity index (χ3n) is 11.8. The van der Waals surface area contributed by atoms with E-state index in [4.69, 9.17) is 23.4 Å². The van der Waals surface area contributed by atoms with Gasteiger partial charge in [-0.25, -0.2) is 4.98 Å². The predicted molar refractivity (Wildman–Crippen MR) is 260 cm³/mol. The molecule has 3 aromatic heterocycles. The van der Waals surface area contributed by atoms with Crippen LogP contribution in [0.1, 0.15) is 51.9 Å². The number of para-hydroxylation sites is 4. The van der Waals surface area contributed by atoms with Crippen molar-refractivity contribution in [1.82, 2.24) is 14.1 Å². The number of hydrogen-bond donors (Lipinski definition) is 0. The molecule has 0 bridgehead atoms. The Morgan fingerprint density at radius 3 is 1.98 bits per heavy atom. The first-order chi connectivity index (χ1) is 35.8. The molecule has 0 amide bonds. The minimum atomic E-state index is -0.572. The Kier molecular flexibility index (Phi) is 8.74. The van der Waals surface area contributed by atoms with Gasteiger partial charge in [0, 0.05) is 49.8 Å². The molecule has 0 atom stereocenters. The molecule has 0 spiro atoms. The summed E-state index contributed by atoms with van der Waals surface area (Å²) in [6.07, 6.45) is 7.35. The first kappa shape index (κ1) is 31.5. The van der Waals surface area contributed by atoms with Gasteiger partial charge in [-0.2, -0.15) is 18.2 Å². The number of fused-ring (bicyclic) bond motifs is 4. The Hall–Kier alpha value is -7.33. The van der Waals surface area contributed by atoms with Gasteiger partial charge in [-0.1, -0.05) is 171 Å². The average Bonchev–Trinajstić information content (AvgIpc) is 3.97. The maximum absolute atomic E-state index is 9.03. The standard InChI is InChI=1S/C59H44N4O.Pt/c1-3-41(4-2)52-38-58(60-39-53(52)44-24-12-7-13-25-44)63-54-31-15-14-28-50(54)51-35-34-47(37-57(51)63)64-46-27-18-26-45(36-46)61-40-62(56-33-17-16-32-55(56)61)59-48(42-20-8-5-9-21-42)29-19-30-49(59)43-22-10-6-11-23-43;/h5-35,38-39,41H,3-4H2,1-2H3;/q-2;/i5D,6D,8D,9D,10D,11D,20D,21D,22D,23D;. The SMILES string of the molecule is [2H]c1c([2H])c([2H])c(-c2cccc(-c3c([2H])c([2H])c([2H])c([2H])c3[2H])c2-[n+]2[c-]n(-c3[c-]c(Oc4[c-]c5c(cc4)c4ccccc4n5-c4cc(C(CC)CC)c(-c5ccccc5)cn4)ccc3)c3ccccc32)c([2H])c1[2H].[Pt]. The Morgan fingerprint density at radius 1 is 0.615 bits per heavy atom. The van der Waals surface area contributed by atoms with E-state index in [9.17, 15) is 0 Å². The number of hydrogen-bond acceptors (Lipinski definition) is 2. The van der Waals surface area contributed by atoms with Crippen LogP contribution in [0.4, 0.5) is 0 Å². The molecule has 8 aromatic carbocycles. The summed E-state index contributed by atoms with van der Waals surface area (Å²) in [7, 11) is 0. The summed E-state index contributed by atoms with van der Waals surface area (Å²) in [6, 6.07) is 43.9. The number of ether oxygens (including phenoxy) is 1. The topological polar surface area (TPSA) is 35.9 Å². The van der Waals surface area contributed by atoms with E-state index in [-0.39, 0.29) is 49.0 Å². The summed E-state index contributed by atoms with van der Waals surface area (Å²) >= 11 is 0. The third-order valence-corrected chi connectivity index (χ3v) is 11.8. The van der Waals surface area contributed by atoms with Crippen LogP contribution in [0.2, 0.25) is 0 Å². The molecule has 318 valence electrons. The number of rotatable bonds is 11. The second kappa shape index (κ2) is 18.0. The Balaban J connectivity index is 0.00000641. The molecule has 3 heterocycles. The van der Waals surface area contributed by atoms with E-state index in [1.54, 1.807) is 33.4 Å². The zero-order chi connectivity index (χ0) is 51.7. The second-order valence-electron chi connectivity index (χ2n) is 15.4. The van der Waals surface area contributed by atoms with Crippen molar-refractivity contribution in [3.8, 4) is 62.1 Å². The molecule has 6 heteroatoms. The monoisotopic (exact) mass is 1030 g/mol. The fourth-order valence-electron chi connectivity index (χ4n) is 8.78. The minimum Gasteiger partial charge on any atom is -0.510 e. The molecule has 0 saturated carbocycles. The molecule has 0 aliphatic heterocycles. The smallest absolute Gasteiger partial charge is 0.268 e. The van der Waals surface area contributed by atoms with Gasteiger partial charge in [-0.15, -0.1) is 29.7 Å². The Morgan fingerprint density at radius 2 is 1.26 bits per heavy atom. The number of aromatic nitrogens is 4. The van der Waals surface area contributed by atoms with Crippen molar-refractivity contribution in [2.45, 2.75) is 32.6 Å². The van der Waals surface area contributed by atoms with Crippen LogP contribution in [0.5, 0.6) is 11.5 Å². The van der Waals surface area contributed by atoms with E-state index in [1.165, 1.54) is 5.56 Å². The van der Waals surface area contributed by atoms with Crippen LogP contribution in [0.25, 0.3) is 83.4 Å². The zero-order valence-corrected chi connectivity index (χ0v) is 37.6. The fourth-order valence-corrected chi connectivity index (χ4v) is 8.78. The van der Waals surface area contributed by atoms with Crippen molar-refractivity contribution in [2.24, 2.45) is 0 Å². The number of imidazole rings is 1. The van der Waals surface area contributed by atoms with Crippen molar-refractivity contribution in [3.05, 3.63) is 224 Å². The molecule has 0 radical (unpaired) electrons. The van der Waals surface area contributed by atoms with Crippen LogP contribution in [0, 0.1) is 18.5 Å². The van der Waals surface area contributed by atoms with E-state index < -0.39 is 60.4 Å². The van der Waals surface area contributed by atoms with Crippen LogP contribution in [0.15, 0.2) is 200 Å². The first-order valence-electron chi connectivity index (χ1n) is 26.3. The maximum Gasteiger partial charge on any atom is 0.268 e. The number of pyridine rings is 1. The summed E-state index contributed by atoms with van der Waals surface area (Å²) in [6.45, 7) is 4.44. The fraction of sp³-hybridized carbons (Fsp3) is 0.0847. The molecule has 0 fully saturated rings. The minimum absolute atomic E-state index is 0. The molecule has 0 saturated heterocycles. The van der Waals surface area contributed by atoms with Crippen molar-refractivity contribution in [1.29, 1.82) is 0 Å². The van der Waals surface area contributed by atoms with Gasteiger partial charge in [0.1, 0.15) is 5.82 Å². The molecule has 0 N–H and O–H groups in total. The molecular formula is C59H44N4OPt-2. The van der Waals surface area contributed by atoms with Gasteiger partial charge in [0.15, 0.2) is 0 Å². The van der Waals surface area contributed by atoms with E-state index in [0.29, 0.717) is 34.1 Å². The summed E-state index contributed by atoms with van der Waals surface area (Å²) in [5.74, 6) is 1.88. The molecule has 11 rings (SSSR count). The van der Waals surface area contributed by atoms with E-state index in [2.05, 4.69) is 79.3 Å². The van der Waals surface area contributed by atoms with E-state index >= 15 is 0 Å². The molecule has 11 aromatic rings.